The van der Waals surface area contributed by atoms with Gasteiger partial charge in [0.05, 0.1) is 26.7 Å². The Kier molecular flexibility index (Phi) is 26.9. The van der Waals surface area contributed by atoms with Crippen molar-refractivity contribution in [3.05, 3.63) is 0 Å². The number of nitrogens with zero attached hydrogens (tertiary/aromatic N) is 1. The van der Waals surface area contributed by atoms with Gasteiger partial charge in [0.1, 0.15) is 0 Å². The Morgan fingerprint density at radius 2 is 0.794 bits per heavy atom. The van der Waals surface area contributed by atoms with Gasteiger partial charge >= 0.3 is 8.80 Å². The Hall–Kier alpha value is 0.347. The van der Waals surface area contributed by atoms with E-state index in [4.69, 9.17) is 13.3 Å². The second-order valence-corrected chi connectivity index (χ2v) is 12.9. The summed E-state index contributed by atoms with van der Waals surface area (Å²) in [6.07, 6.45) is 20.6. The number of hydrogen-bond acceptors (Lipinski definition) is 3. The van der Waals surface area contributed by atoms with Crippen molar-refractivity contribution in [2.45, 2.75) is 137 Å². The van der Waals surface area contributed by atoms with Crippen molar-refractivity contribution in [3.8, 4) is 0 Å². The molecule has 0 bridgehead atoms. The van der Waals surface area contributed by atoms with Crippen LogP contribution in [0.15, 0.2) is 0 Å². The topological polar surface area (TPSA) is 27.7 Å². The lowest BCUT2D eigenvalue weighted by molar-refractivity contribution is -0.910. The van der Waals surface area contributed by atoms with Crippen molar-refractivity contribution < 1.29 is 30.2 Å². The third kappa shape index (κ3) is 19.5. The molecule has 0 fully saturated rings. The summed E-state index contributed by atoms with van der Waals surface area (Å²) in [6.45, 7) is 16.6. The Balaban J connectivity index is 0. The predicted octanol–water partition coefficient (Wildman–Crippen LogP) is 5.38. The third-order valence-corrected chi connectivity index (χ3v) is 10.0. The van der Waals surface area contributed by atoms with Crippen LogP contribution in [0.4, 0.5) is 0 Å². The molecule has 0 aliphatic rings. The van der Waals surface area contributed by atoms with Crippen molar-refractivity contribution in [1.29, 1.82) is 0 Å². The van der Waals surface area contributed by atoms with Gasteiger partial charge in [-0.25, -0.2) is 0 Å². The number of halogens is 1. The van der Waals surface area contributed by atoms with Crippen molar-refractivity contribution in [1.82, 2.24) is 0 Å². The molecule has 0 rings (SSSR count). The normalized spacial score (nSPS) is 12.2. The minimum absolute atomic E-state index is 0. The quantitative estimate of drug-likeness (QED) is 0.0865. The Labute approximate surface area is 222 Å². The van der Waals surface area contributed by atoms with Crippen LogP contribution in [0, 0.1) is 0 Å². The summed E-state index contributed by atoms with van der Waals surface area (Å²) < 4.78 is 19.5. The monoisotopic (exact) mass is 523 g/mol. The molecule has 6 heteroatoms. The molecule has 0 aromatic carbocycles. The lowest BCUT2D eigenvalue weighted by atomic mass is 10.1. The highest BCUT2D eigenvalue weighted by Gasteiger charge is 2.40. The van der Waals surface area contributed by atoms with Gasteiger partial charge in [0.25, 0.3) is 0 Å². The van der Waals surface area contributed by atoms with E-state index in [-0.39, 0.29) is 12.4 Å². The molecule has 0 radical (unpaired) electrons. The zero-order valence-corrected chi connectivity index (χ0v) is 25.9. The minimum atomic E-state index is -2.52. The molecule has 0 heterocycles. The van der Waals surface area contributed by atoms with Crippen LogP contribution in [-0.4, -0.2) is 59.8 Å². The van der Waals surface area contributed by atoms with Crippen LogP contribution in [0.1, 0.15) is 131 Å². The van der Waals surface area contributed by atoms with Gasteiger partial charge in [-0.2, -0.15) is 0 Å². The van der Waals surface area contributed by atoms with E-state index in [0.717, 1.165) is 12.5 Å². The first kappa shape index (κ1) is 36.5. The molecule has 0 aliphatic carbocycles. The van der Waals surface area contributed by atoms with E-state index in [1.54, 1.807) is 0 Å². The highest BCUT2D eigenvalue weighted by molar-refractivity contribution is 6.60. The van der Waals surface area contributed by atoms with Crippen molar-refractivity contribution >= 4 is 8.80 Å². The van der Waals surface area contributed by atoms with E-state index in [2.05, 4.69) is 41.7 Å². The van der Waals surface area contributed by atoms with Gasteiger partial charge in [-0.15, -0.1) is 0 Å². The van der Waals surface area contributed by atoms with Crippen LogP contribution in [0.5, 0.6) is 0 Å². The first-order valence-electron chi connectivity index (χ1n) is 14.8. The number of quaternary nitrogens is 1. The summed E-state index contributed by atoms with van der Waals surface area (Å²) in [4.78, 5) is 0. The average Bonchev–Trinajstić information content (AvgIpc) is 2.78. The average molecular weight is 524 g/mol. The zero-order chi connectivity index (χ0) is 24.7. The summed E-state index contributed by atoms with van der Waals surface area (Å²) in [5.41, 5.74) is 0. The van der Waals surface area contributed by atoms with E-state index in [0.29, 0.717) is 19.8 Å². The van der Waals surface area contributed by atoms with Crippen molar-refractivity contribution in [2.24, 2.45) is 0 Å². The van der Waals surface area contributed by atoms with Crippen LogP contribution < -0.4 is 12.4 Å². The summed E-state index contributed by atoms with van der Waals surface area (Å²) in [5.74, 6) is 0. The van der Waals surface area contributed by atoms with Crippen LogP contribution in [-0.2, 0) is 13.3 Å². The Morgan fingerprint density at radius 3 is 1.15 bits per heavy atom. The molecule has 0 N–H and O–H groups in total. The van der Waals surface area contributed by atoms with E-state index in [9.17, 15) is 0 Å². The van der Waals surface area contributed by atoms with E-state index in [1.165, 1.54) is 114 Å². The maximum Gasteiger partial charge on any atom is 0.501 e. The molecule has 0 saturated heterocycles. The summed E-state index contributed by atoms with van der Waals surface area (Å²) >= 11 is 0. The van der Waals surface area contributed by atoms with E-state index < -0.39 is 8.80 Å². The van der Waals surface area contributed by atoms with E-state index >= 15 is 0 Å². The zero-order valence-electron chi connectivity index (χ0n) is 24.1. The number of hydrogen-bond donors (Lipinski definition) is 0. The summed E-state index contributed by atoms with van der Waals surface area (Å²) in [5, 5.41) is 0. The minimum Gasteiger partial charge on any atom is -1.00 e. The maximum atomic E-state index is 6.10. The van der Waals surface area contributed by atoms with Gasteiger partial charge < -0.3 is 30.2 Å². The predicted molar refractivity (Wildman–Crippen MR) is 147 cm³/mol. The second kappa shape index (κ2) is 25.0. The van der Waals surface area contributed by atoms with Gasteiger partial charge in [0, 0.05) is 32.3 Å². The first-order chi connectivity index (χ1) is 16.0. The van der Waals surface area contributed by atoms with Crippen LogP contribution in [0.2, 0.25) is 6.04 Å². The van der Waals surface area contributed by atoms with Gasteiger partial charge in [0.15, 0.2) is 0 Å². The molecule has 0 spiro atoms. The molecular formula is C28H62ClNO3Si. The van der Waals surface area contributed by atoms with Gasteiger partial charge in [-0.05, 0) is 46.5 Å². The second-order valence-electron chi connectivity index (χ2n) is 10.1. The molecule has 208 valence electrons. The van der Waals surface area contributed by atoms with Crippen LogP contribution in [0.3, 0.4) is 0 Å². The van der Waals surface area contributed by atoms with Crippen molar-refractivity contribution in [2.75, 3.05) is 46.5 Å². The number of rotatable bonds is 26. The molecule has 0 saturated carbocycles. The molecule has 0 atom stereocenters. The van der Waals surface area contributed by atoms with Crippen LogP contribution in [0.25, 0.3) is 0 Å². The molecule has 0 amide bonds. The first-order valence-corrected chi connectivity index (χ1v) is 16.7. The molecule has 0 aliphatic heterocycles. The van der Waals surface area contributed by atoms with Gasteiger partial charge in [-0.3, -0.25) is 0 Å². The van der Waals surface area contributed by atoms with Crippen LogP contribution >= 0.6 is 0 Å². The largest absolute Gasteiger partial charge is 1.00 e. The third-order valence-electron chi connectivity index (χ3n) is 6.88. The van der Waals surface area contributed by atoms with Gasteiger partial charge in [0.2, 0.25) is 0 Å². The molecule has 4 nitrogen and oxygen atoms in total. The lowest BCUT2D eigenvalue weighted by Gasteiger charge is -2.36. The highest BCUT2D eigenvalue weighted by Crippen LogP contribution is 2.21. The fourth-order valence-electron chi connectivity index (χ4n) is 4.92. The van der Waals surface area contributed by atoms with Crippen molar-refractivity contribution in [3.63, 3.8) is 0 Å². The molecule has 0 aromatic heterocycles. The highest BCUT2D eigenvalue weighted by atomic mass is 35.5. The molecule has 0 aromatic rings. The molecule has 0 unspecified atom stereocenters. The van der Waals surface area contributed by atoms with Gasteiger partial charge in [-0.1, -0.05) is 78.1 Å². The molecule has 34 heavy (non-hydrogen) atoms. The standard InChI is InChI=1S/C28H62NO3Si.ClH/c1-7-12-14-16-18-20-22-25-29(6,26-23-21-19-17-15-13-8-2)27-24-28-33(30-9-3,31-10-4)32-11-5;/h7-28H2,1-6H3;1H/q+1;/p-1. The summed E-state index contributed by atoms with van der Waals surface area (Å²) in [7, 11) is -0.0195. The fourth-order valence-corrected chi connectivity index (χ4v) is 7.51. The Morgan fingerprint density at radius 1 is 0.471 bits per heavy atom. The summed E-state index contributed by atoms with van der Waals surface area (Å²) in [6, 6.07) is 0.949. The Bertz CT molecular complexity index is 380. The number of unbranched alkanes of at least 4 members (excludes halogenated alkanes) is 12. The molecular weight excluding hydrogens is 462 g/mol. The maximum absolute atomic E-state index is 6.10. The SMILES string of the molecule is CCCCCCCCC[N+](C)(CCCCCCCCC)CCC[Si](OCC)(OCC)OCC.[Cl-]. The lowest BCUT2D eigenvalue weighted by Crippen LogP contribution is -3.00. The smallest absolute Gasteiger partial charge is 0.501 e. The van der Waals surface area contributed by atoms with E-state index in [1.807, 2.05) is 0 Å². The fraction of sp³-hybridized carbons (Fsp3) is 1.00.